The first-order chi connectivity index (χ1) is 24.9. The summed E-state index contributed by atoms with van der Waals surface area (Å²) < 4.78 is 32.9. The van der Waals surface area contributed by atoms with Crippen molar-refractivity contribution in [2.24, 2.45) is 5.41 Å². The molecule has 52 heavy (non-hydrogen) atoms. The normalized spacial score (nSPS) is 17.1. The number of nitrogens with zero attached hydrogens (tertiary/aromatic N) is 5. The van der Waals surface area contributed by atoms with Crippen molar-refractivity contribution in [2.75, 3.05) is 38.8 Å². The van der Waals surface area contributed by atoms with E-state index in [0.717, 1.165) is 36.3 Å². The largest absolute Gasteiger partial charge is 0.497 e. The maximum Gasteiger partial charge on any atom is 0.360 e. The molecule has 2 aromatic heterocycles. The van der Waals surface area contributed by atoms with Gasteiger partial charge in [-0.25, -0.2) is 33.7 Å². The summed E-state index contributed by atoms with van der Waals surface area (Å²) in [5.74, 6) is 2.21. The van der Waals surface area contributed by atoms with Gasteiger partial charge in [0, 0.05) is 31.8 Å². The highest BCUT2D eigenvalue weighted by molar-refractivity contribution is 7.99. The third-order valence-corrected chi connectivity index (χ3v) is 12.4. The van der Waals surface area contributed by atoms with Crippen molar-refractivity contribution in [3.05, 3.63) is 88.6 Å². The van der Waals surface area contributed by atoms with E-state index in [4.69, 9.17) is 29.2 Å². The van der Waals surface area contributed by atoms with Gasteiger partial charge in [0.2, 0.25) is 0 Å². The van der Waals surface area contributed by atoms with Gasteiger partial charge in [-0.05, 0) is 106 Å². The summed E-state index contributed by atoms with van der Waals surface area (Å²) in [5.41, 5.74) is 4.36. The summed E-state index contributed by atoms with van der Waals surface area (Å²) in [6.45, 7) is 11.3. The Morgan fingerprint density at radius 1 is 1.04 bits per heavy atom. The van der Waals surface area contributed by atoms with Gasteiger partial charge in [0.1, 0.15) is 27.4 Å². The van der Waals surface area contributed by atoms with Gasteiger partial charge in [0.15, 0.2) is 11.5 Å². The molecule has 0 radical (unpaired) electrons. The molecular weight excluding hydrogens is 697 g/mol. The van der Waals surface area contributed by atoms with Gasteiger partial charge in [0.05, 0.1) is 48.3 Å². The molecule has 2 atom stereocenters. The van der Waals surface area contributed by atoms with Gasteiger partial charge in [-0.3, -0.25) is 0 Å². The molecule has 4 aromatic rings. The number of nitrogens with one attached hydrogen (secondary N) is 1. The van der Waals surface area contributed by atoms with E-state index in [2.05, 4.69) is 38.9 Å². The topological polar surface area (TPSA) is 129 Å². The molecule has 3 heterocycles. The summed E-state index contributed by atoms with van der Waals surface area (Å²) in [4.78, 5) is 34.7. The van der Waals surface area contributed by atoms with Crippen molar-refractivity contribution in [1.82, 2.24) is 24.7 Å². The molecule has 0 amide bonds. The number of esters is 1. The van der Waals surface area contributed by atoms with E-state index in [1.807, 2.05) is 52.0 Å². The first kappa shape index (κ1) is 37.7. The Balaban J connectivity index is 1.21. The van der Waals surface area contributed by atoms with Crippen molar-refractivity contribution in [3.8, 4) is 11.5 Å². The predicted octanol–water partition coefficient (Wildman–Crippen LogP) is 6.64. The van der Waals surface area contributed by atoms with E-state index >= 15 is 0 Å². The molecule has 2 aliphatic rings. The van der Waals surface area contributed by atoms with Gasteiger partial charge in [0.25, 0.3) is 0 Å². The summed E-state index contributed by atoms with van der Waals surface area (Å²) in [6.07, 6.45) is 5.63. The lowest BCUT2D eigenvalue weighted by molar-refractivity contribution is 0.0518. The highest BCUT2D eigenvalue weighted by Gasteiger charge is 2.49. The smallest absolute Gasteiger partial charge is 0.360 e. The molecule has 11 nitrogen and oxygen atoms in total. The van der Waals surface area contributed by atoms with Gasteiger partial charge >= 0.3 is 5.97 Å². The molecule has 0 bridgehead atoms. The molecule has 1 aliphatic heterocycles. The summed E-state index contributed by atoms with van der Waals surface area (Å²) >= 11 is 1.35. The van der Waals surface area contributed by atoms with Crippen LogP contribution in [0, 0.1) is 12.3 Å². The Bertz CT molecular complexity index is 1940. The lowest BCUT2D eigenvalue weighted by Gasteiger charge is -2.44. The molecule has 0 saturated carbocycles. The van der Waals surface area contributed by atoms with Gasteiger partial charge < -0.3 is 19.1 Å². The Kier molecular flexibility index (Phi) is 11.5. The van der Waals surface area contributed by atoms with Crippen molar-refractivity contribution < 1.29 is 23.2 Å². The number of hydrogen-bond donors (Lipinski definition) is 1. The number of piperidine rings is 1. The van der Waals surface area contributed by atoms with Gasteiger partial charge in [-0.2, -0.15) is 0 Å². The number of hydrogen-bond acceptors (Lipinski definition) is 11. The van der Waals surface area contributed by atoms with Crippen LogP contribution in [0.4, 0.5) is 5.82 Å². The van der Waals surface area contributed by atoms with Crippen molar-refractivity contribution in [2.45, 2.75) is 87.6 Å². The van der Waals surface area contributed by atoms with Crippen molar-refractivity contribution in [1.29, 1.82) is 0 Å². The third-order valence-electron chi connectivity index (χ3n) is 9.83. The average Bonchev–Trinajstić information content (AvgIpc) is 3.43. The molecule has 0 unspecified atom stereocenters. The van der Waals surface area contributed by atoms with Crippen LogP contribution in [0.3, 0.4) is 0 Å². The average molecular weight is 745 g/mol. The Labute approximate surface area is 313 Å². The van der Waals surface area contributed by atoms with Gasteiger partial charge in [-0.15, -0.1) is 0 Å². The minimum absolute atomic E-state index is 0.0296. The fraction of sp³-hybridized carbons (Fsp3) is 0.462. The van der Waals surface area contributed by atoms with Crippen LogP contribution in [-0.4, -0.2) is 68.8 Å². The number of rotatable bonds is 12. The maximum atomic E-state index is 13.4. The van der Waals surface area contributed by atoms with E-state index in [1.165, 1.54) is 22.9 Å². The molecule has 6 rings (SSSR count). The Morgan fingerprint density at radius 3 is 2.52 bits per heavy atom. The number of ether oxygens (including phenoxy) is 3. The molecule has 1 fully saturated rings. The molecule has 276 valence electrons. The Morgan fingerprint density at radius 2 is 1.81 bits per heavy atom. The molecular formula is C39H48N6O5S2. The standard InChI is InChI=1S/C39H48N6O5S2/c1-8-50-37(46)33-35(45-21-18-39(19-22-45)24-27-11-9-10-12-29(27)34(39)44-52(47)38(3,4)5)41-25(2)36(43-33)51-32-17-20-40-31(42-32)16-14-26-13-15-28(48-6)23-30(26)49-7/h9-13,15,17,20,23,34,44H,8,14,16,18-19,21-22,24H2,1-7H3/t34-,52+/m1/s1. The number of aryl methyl sites for hydroxylation is 3. The molecule has 1 spiro atoms. The number of carbonyl (C=O) groups is 1. The first-order valence-corrected chi connectivity index (χ1v) is 19.7. The number of aromatic nitrogens is 4. The lowest BCUT2D eigenvalue weighted by Crippen LogP contribution is -2.48. The minimum atomic E-state index is -1.22. The molecule has 1 N–H and O–H groups in total. The maximum absolute atomic E-state index is 13.4. The third kappa shape index (κ3) is 8.11. The van der Waals surface area contributed by atoms with Crippen LogP contribution in [0.15, 0.2) is 64.8 Å². The zero-order chi connectivity index (χ0) is 37.0. The fourth-order valence-corrected chi connectivity index (χ4v) is 8.75. The van der Waals surface area contributed by atoms with Crippen LogP contribution >= 0.6 is 11.8 Å². The van der Waals surface area contributed by atoms with Gasteiger partial charge in [-0.1, -0.05) is 30.3 Å². The summed E-state index contributed by atoms with van der Waals surface area (Å²) in [7, 11) is 2.05. The predicted molar refractivity (Wildman–Crippen MR) is 204 cm³/mol. The van der Waals surface area contributed by atoms with E-state index in [-0.39, 0.29) is 28.5 Å². The zero-order valence-corrected chi connectivity index (χ0v) is 32.7. The molecule has 1 aliphatic carbocycles. The minimum Gasteiger partial charge on any atom is -0.497 e. The van der Waals surface area contributed by atoms with Crippen molar-refractivity contribution >= 4 is 34.5 Å². The SMILES string of the molecule is CCOC(=O)c1nc(Sc2ccnc(CCc3ccc(OC)cc3OC)n2)c(C)nc1N1CCC2(CC1)Cc1ccccc1[C@H]2N[S@@](=O)C(C)(C)C. The number of methoxy groups -OCH3 is 2. The quantitative estimate of drug-likeness (QED) is 0.124. The van der Waals surface area contributed by atoms with E-state index < -0.39 is 17.0 Å². The number of carbonyl (C=O) groups excluding carboxylic acids is 1. The monoisotopic (exact) mass is 744 g/mol. The highest BCUT2D eigenvalue weighted by atomic mass is 32.2. The second-order valence-electron chi connectivity index (χ2n) is 14.3. The lowest BCUT2D eigenvalue weighted by atomic mass is 9.73. The number of anilines is 1. The number of fused-ring (bicyclic) bond motifs is 1. The van der Waals surface area contributed by atoms with E-state index in [9.17, 15) is 9.00 Å². The Hall–Kier alpha value is -4.07. The van der Waals surface area contributed by atoms with Crippen LogP contribution in [0.25, 0.3) is 0 Å². The van der Waals surface area contributed by atoms with Crippen LogP contribution in [0.2, 0.25) is 0 Å². The van der Waals surface area contributed by atoms with E-state index in [0.29, 0.717) is 53.3 Å². The zero-order valence-electron chi connectivity index (χ0n) is 31.0. The second-order valence-corrected chi connectivity index (χ2v) is 17.3. The molecule has 2 aromatic carbocycles. The van der Waals surface area contributed by atoms with Crippen LogP contribution in [-0.2, 0) is 35.0 Å². The van der Waals surface area contributed by atoms with Crippen molar-refractivity contribution in [3.63, 3.8) is 0 Å². The second kappa shape index (κ2) is 15.9. The highest BCUT2D eigenvalue weighted by Crippen LogP contribution is 2.53. The summed E-state index contributed by atoms with van der Waals surface area (Å²) in [5, 5.41) is 1.29. The van der Waals surface area contributed by atoms with E-state index in [1.54, 1.807) is 27.3 Å². The first-order valence-electron chi connectivity index (χ1n) is 17.7. The van der Waals surface area contributed by atoms with Crippen LogP contribution < -0.4 is 19.1 Å². The van der Waals surface area contributed by atoms with Crippen LogP contribution in [0.1, 0.15) is 85.3 Å². The number of benzene rings is 2. The summed E-state index contributed by atoms with van der Waals surface area (Å²) in [6, 6.07) is 16.1. The fourth-order valence-electron chi connectivity index (χ4n) is 7.00. The molecule has 1 saturated heterocycles. The molecule has 13 heteroatoms. The van der Waals surface area contributed by atoms with Crippen LogP contribution in [0.5, 0.6) is 11.5 Å².